The molecule has 1 aromatic heterocycles. The Bertz CT molecular complexity index is 1630. The maximum atomic E-state index is 13.6. The second-order valence-corrected chi connectivity index (χ2v) is 13.5. The molecular weight excluding hydrogens is 598 g/mol. The van der Waals surface area contributed by atoms with Gasteiger partial charge in [0.15, 0.2) is 11.4 Å². The van der Waals surface area contributed by atoms with Crippen LogP contribution in [0.5, 0.6) is 5.75 Å². The van der Waals surface area contributed by atoms with Crippen molar-refractivity contribution in [2.24, 2.45) is 0 Å². The number of carbonyl (C=O) groups is 2. The molecule has 7 nitrogen and oxygen atoms in total. The SMILES string of the molecule is CC(=O)c1ccc(N2CCN(Cc3nc(-c4ccc(F)cc4)sc3CSc3ccc(OC(C)(C)C(=O)O)c(C)c3)CC2)cc1. The zero-order valence-corrected chi connectivity index (χ0v) is 26.9. The van der Waals surface area contributed by atoms with E-state index in [1.165, 1.54) is 30.9 Å². The van der Waals surface area contributed by atoms with Gasteiger partial charge in [0.2, 0.25) is 0 Å². The summed E-state index contributed by atoms with van der Waals surface area (Å²) in [5.41, 5.74) is 3.32. The van der Waals surface area contributed by atoms with E-state index in [-0.39, 0.29) is 11.6 Å². The van der Waals surface area contributed by atoms with Crippen LogP contribution in [0, 0.1) is 12.7 Å². The second-order valence-electron chi connectivity index (χ2n) is 11.4. The van der Waals surface area contributed by atoms with E-state index in [1.54, 1.807) is 42.2 Å². The van der Waals surface area contributed by atoms with Gasteiger partial charge in [-0.05, 0) is 100.0 Å². The number of nitrogens with zero attached hydrogens (tertiary/aromatic N) is 3. The number of Topliss-reactive ketones (excluding diaryl/α,β-unsaturated/α-hetero) is 1. The van der Waals surface area contributed by atoms with Crippen LogP contribution in [-0.2, 0) is 17.1 Å². The summed E-state index contributed by atoms with van der Waals surface area (Å²) in [6.45, 7) is 10.8. The van der Waals surface area contributed by atoms with Gasteiger partial charge in [-0.3, -0.25) is 9.69 Å². The van der Waals surface area contributed by atoms with E-state index in [9.17, 15) is 19.1 Å². The number of thioether (sulfide) groups is 1. The fraction of sp³-hybridized carbons (Fsp3) is 0.324. The van der Waals surface area contributed by atoms with Crippen molar-refractivity contribution >= 4 is 40.5 Å². The molecule has 1 aliphatic heterocycles. The molecule has 0 bridgehead atoms. The third kappa shape index (κ3) is 7.67. The lowest BCUT2D eigenvalue weighted by atomic mass is 10.1. The number of hydrogen-bond acceptors (Lipinski definition) is 8. The van der Waals surface area contributed by atoms with Gasteiger partial charge in [0.1, 0.15) is 16.6 Å². The molecule has 1 fully saturated rings. The van der Waals surface area contributed by atoms with Crippen LogP contribution in [0.15, 0.2) is 71.6 Å². The van der Waals surface area contributed by atoms with E-state index in [0.29, 0.717) is 5.75 Å². The molecule has 10 heteroatoms. The maximum Gasteiger partial charge on any atom is 0.347 e. The monoisotopic (exact) mass is 633 g/mol. The van der Waals surface area contributed by atoms with Crippen LogP contribution in [0.4, 0.5) is 10.1 Å². The highest BCUT2D eigenvalue weighted by molar-refractivity contribution is 7.98. The van der Waals surface area contributed by atoms with Gasteiger partial charge >= 0.3 is 5.97 Å². The van der Waals surface area contributed by atoms with Gasteiger partial charge < -0.3 is 14.7 Å². The molecule has 1 saturated heterocycles. The van der Waals surface area contributed by atoms with Crippen LogP contribution in [0.25, 0.3) is 10.6 Å². The Morgan fingerprint density at radius 3 is 2.32 bits per heavy atom. The van der Waals surface area contributed by atoms with Crippen molar-refractivity contribution in [3.05, 3.63) is 94.2 Å². The first-order valence-corrected chi connectivity index (χ1v) is 16.3. The first-order valence-electron chi connectivity index (χ1n) is 14.5. The number of hydrogen-bond donors (Lipinski definition) is 1. The normalized spacial score (nSPS) is 14.1. The third-order valence-electron chi connectivity index (χ3n) is 7.65. The first-order chi connectivity index (χ1) is 21.0. The summed E-state index contributed by atoms with van der Waals surface area (Å²) < 4.78 is 19.4. The number of carboxylic acids is 1. The number of benzene rings is 3. The van der Waals surface area contributed by atoms with Crippen LogP contribution < -0.4 is 9.64 Å². The molecule has 0 spiro atoms. The average Bonchev–Trinajstić information content (AvgIpc) is 3.40. The van der Waals surface area contributed by atoms with Crippen LogP contribution in [0.3, 0.4) is 0 Å². The quantitative estimate of drug-likeness (QED) is 0.136. The van der Waals surface area contributed by atoms with Crippen molar-refractivity contribution in [3.8, 4) is 16.3 Å². The third-order valence-corrected chi connectivity index (χ3v) is 10.0. The van der Waals surface area contributed by atoms with Gasteiger partial charge in [0.05, 0.1) is 5.69 Å². The number of carbonyl (C=O) groups excluding carboxylic acids is 1. The Morgan fingerprint density at radius 2 is 1.70 bits per heavy atom. The van der Waals surface area contributed by atoms with E-state index < -0.39 is 11.6 Å². The zero-order valence-electron chi connectivity index (χ0n) is 25.3. The molecule has 5 rings (SSSR count). The zero-order chi connectivity index (χ0) is 31.4. The fourth-order valence-electron chi connectivity index (χ4n) is 4.91. The molecule has 1 N–H and O–H groups in total. The van der Waals surface area contributed by atoms with E-state index in [1.807, 2.05) is 49.4 Å². The minimum Gasteiger partial charge on any atom is -0.478 e. The van der Waals surface area contributed by atoms with Crippen molar-refractivity contribution in [3.63, 3.8) is 0 Å². The smallest absolute Gasteiger partial charge is 0.347 e. The number of halogens is 1. The lowest BCUT2D eigenvalue weighted by molar-refractivity contribution is -0.152. The molecular formula is C34H36FN3O4S2. The summed E-state index contributed by atoms with van der Waals surface area (Å²) >= 11 is 3.33. The minimum absolute atomic E-state index is 0.0690. The molecule has 0 radical (unpaired) electrons. The van der Waals surface area contributed by atoms with Crippen LogP contribution in [0.2, 0.25) is 0 Å². The lowest BCUT2D eigenvalue weighted by Gasteiger charge is -2.36. The number of rotatable bonds is 11. The molecule has 0 atom stereocenters. The number of ether oxygens (including phenoxy) is 1. The predicted molar refractivity (Wildman–Crippen MR) is 175 cm³/mol. The highest BCUT2D eigenvalue weighted by Gasteiger charge is 2.30. The molecule has 0 aliphatic carbocycles. The molecule has 230 valence electrons. The summed E-state index contributed by atoms with van der Waals surface area (Å²) in [6, 6.07) is 20.1. The molecule has 3 aromatic carbocycles. The fourth-order valence-corrected chi connectivity index (χ4v) is 7.08. The molecule has 2 heterocycles. The van der Waals surface area contributed by atoms with Crippen molar-refractivity contribution in [1.29, 1.82) is 0 Å². The molecule has 0 amide bonds. The summed E-state index contributed by atoms with van der Waals surface area (Å²) in [4.78, 5) is 35.1. The Morgan fingerprint density at radius 1 is 1.02 bits per heavy atom. The topological polar surface area (TPSA) is 83.0 Å². The highest BCUT2D eigenvalue weighted by atomic mass is 32.2. The standard InChI is InChI=1S/C34H36FN3O4S2/c1-22-19-28(13-14-30(22)42-34(3,4)33(40)41)43-21-31-29(36-32(44-31)25-5-9-26(35)10-6-25)20-37-15-17-38(18-16-37)27-11-7-24(8-12-27)23(2)39/h5-14,19H,15-18,20-21H2,1-4H3,(H,40,41). The number of carboxylic acid groups (broad SMARTS) is 1. The first kappa shape index (κ1) is 31.7. The maximum absolute atomic E-state index is 13.6. The van der Waals surface area contributed by atoms with Gasteiger partial charge in [-0.15, -0.1) is 23.1 Å². The number of piperazine rings is 1. The number of aryl methyl sites for hydroxylation is 1. The lowest BCUT2D eigenvalue weighted by Crippen LogP contribution is -2.46. The molecule has 0 unspecified atom stereocenters. The van der Waals surface area contributed by atoms with E-state index in [0.717, 1.165) is 76.5 Å². The van der Waals surface area contributed by atoms with Crippen LogP contribution >= 0.6 is 23.1 Å². The molecule has 44 heavy (non-hydrogen) atoms. The van der Waals surface area contributed by atoms with E-state index >= 15 is 0 Å². The summed E-state index contributed by atoms with van der Waals surface area (Å²) in [6.07, 6.45) is 0. The average molecular weight is 634 g/mol. The van der Waals surface area contributed by atoms with Crippen molar-refractivity contribution < 1.29 is 23.8 Å². The Balaban J connectivity index is 1.28. The van der Waals surface area contributed by atoms with Gasteiger partial charge in [-0.2, -0.15) is 0 Å². The van der Waals surface area contributed by atoms with E-state index in [2.05, 4.69) is 9.80 Å². The summed E-state index contributed by atoms with van der Waals surface area (Å²) in [7, 11) is 0. The van der Waals surface area contributed by atoms with Gasteiger partial charge in [-0.1, -0.05) is 0 Å². The largest absolute Gasteiger partial charge is 0.478 e. The summed E-state index contributed by atoms with van der Waals surface area (Å²) in [5.74, 6) is 0.0448. The van der Waals surface area contributed by atoms with Crippen molar-refractivity contribution in [2.45, 2.75) is 50.5 Å². The Kier molecular flexibility index (Phi) is 9.72. The van der Waals surface area contributed by atoms with Gasteiger partial charge in [0.25, 0.3) is 0 Å². The molecule has 1 aliphatic rings. The highest BCUT2D eigenvalue weighted by Crippen LogP contribution is 2.35. The van der Waals surface area contributed by atoms with Crippen molar-refractivity contribution in [1.82, 2.24) is 9.88 Å². The predicted octanol–water partition coefficient (Wildman–Crippen LogP) is 7.32. The minimum atomic E-state index is -1.32. The number of aromatic nitrogens is 1. The van der Waals surface area contributed by atoms with Gasteiger partial charge in [0, 0.05) is 65.1 Å². The molecule has 4 aromatic rings. The number of ketones is 1. The van der Waals surface area contributed by atoms with E-state index in [4.69, 9.17) is 9.72 Å². The number of thiazole rings is 1. The Hall–Kier alpha value is -3.73. The van der Waals surface area contributed by atoms with Crippen LogP contribution in [0.1, 0.15) is 47.3 Å². The summed E-state index contributed by atoms with van der Waals surface area (Å²) in [5, 5.41) is 10.3. The Labute approximate surface area is 265 Å². The van der Waals surface area contributed by atoms with Crippen molar-refractivity contribution in [2.75, 3.05) is 31.1 Å². The number of aliphatic carboxylic acids is 1. The second kappa shape index (κ2) is 13.5. The molecule has 0 saturated carbocycles. The van der Waals surface area contributed by atoms with Gasteiger partial charge in [-0.25, -0.2) is 14.2 Å². The number of anilines is 1. The van der Waals surface area contributed by atoms with Crippen LogP contribution in [-0.4, -0.2) is 58.5 Å².